The van der Waals surface area contributed by atoms with Crippen LogP contribution in [-0.4, -0.2) is 46.5 Å². The highest BCUT2D eigenvalue weighted by Gasteiger charge is 2.20. The van der Waals surface area contributed by atoms with Crippen LogP contribution in [0, 0.1) is 6.92 Å². The van der Waals surface area contributed by atoms with Gasteiger partial charge in [-0.15, -0.1) is 6.58 Å². The van der Waals surface area contributed by atoms with Gasteiger partial charge in [-0.25, -0.2) is 4.98 Å². The number of anilines is 1. The van der Waals surface area contributed by atoms with Crippen LogP contribution in [0.4, 0.5) is 5.95 Å². The fraction of sp³-hybridized carbons (Fsp3) is 0.138. The van der Waals surface area contributed by atoms with Crippen LogP contribution >= 0.6 is 0 Å². The maximum absolute atomic E-state index is 13.1. The van der Waals surface area contributed by atoms with E-state index in [1.54, 1.807) is 25.3 Å². The van der Waals surface area contributed by atoms with Crippen molar-refractivity contribution in [2.24, 2.45) is 0 Å². The SMILES string of the molecule is C=CCN(CC(=O)Nc1nc(-c2ccc(OC)cc2)cn1-c1ccccc1)C(=O)c1ccc(C)cc1. The second-order valence-electron chi connectivity index (χ2n) is 8.27. The van der Waals surface area contributed by atoms with Crippen LogP contribution < -0.4 is 10.1 Å². The van der Waals surface area contributed by atoms with E-state index in [1.165, 1.54) is 4.90 Å². The summed E-state index contributed by atoms with van der Waals surface area (Å²) < 4.78 is 7.06. The summed E-state index contributed by atoms with van der Waals surface area (Å²) in [7, 11) is 1.62. The largest absolute Gasteiger partial charge is 0.497 e. The molecule has 0 atom stereocenters. The second-order valence-corrected chi connectivity index (χ2v) is 8.27. The third-order valence-electron chi connectivity index (χ3n) is 5.65. The summed E-state index contributed by atoms with van der Waals surface area (Å²) in [5, 5.41) is 2.89. The zero-order chi connectivity index (χ0) is 25.5. The van der Waals surface area contributed by atoms with Crippen molar-refractivity contribution in [3.05, 3.63) is 109 Å². The molecule has 0 spiro atoms. The van der Waals surface area contributed by atoms with E-state index >= 15 is 0 Å². The van der Waals surface area contributed by atoms with Gasteiger partial charge in [0, 0.05) is 29.6 Å². The highest BCUT2D eigenvalue weighted by atomic mass is 16.5. The highest BCUT2D eigenvalue weighted by Crippen LogP contribution is 2.26. The Kier molecular flexibility index (Phi) is 7.60. The second kappa shape index (κ2) is 11.2. The first-order chi connectivity index (χ1) is 17.5. The lowest BCUT2D eigenvalue weighted by Gasteiger charge is -2.21. The maximum atomic E-state index is 13.1. The predicted octanol–water partition coefficient (Wildman–Crippen LogP) is 5.12. The van der Waals surface area contributed by atoms with Crippen molar-refractivity contribution >= 4 is 17.8 Å². The van der Waals surface area contributed by atoms with E-state index in [2.05, 4.69) is 16.9 Å². The average molecular weight is 481 g/mol. The third kappa shape index (κ3) is 5.70. The monoisotopic (exact) mass is 480 g/mol. The van der Waals surface area contributed by atoms with E-state index in [1.807, 2.05) is 84.4 Å². The Balaban J connectivity index is 1.59. The Morgan fingerprint density at radius 1 is 1.03 bits per heavy atom. The van der Waals surface area contributed by atoms with Crippen LogP contribution in [-0.2, 0) is 4.79 Å². The fourth-order valence-electron chi connectivity index (χ4n) is 3.75. The molecule has 0 aliphatic rings. The molecule has 1 aromatic heterocycles. The lowest BCUT2D eigenvalue weighted by atomic mass is 10.1. The van der Waals surface area contributed by atoms with Crippen molar-refractivity contribution in [3.8, 4) is 22.7 Å². The first kappa shape index (κ1) is 24.5. The van der Waals surface area contributed by atoms with Crippen LogP contribution in [0.15, 0.2) is 97.7 Å². The lowest BCUT2D eigenvalue weighted by Crippen LogP contribution is -2.38. The summed E-state index contributed by atoms with van der Waals surface area (Å²) in [6.07, 6.45) is 3.47. The topological polar surface area (TPSA) is 76.5 Å². The van der Waals surface area contributed by atoms with Gasteiger partial charge >= 0.3 is 0 Å². The van der Waals surface area contributed by atoms with E-state index in [0.29, 0.717) is 17.2 Å². The van der Waals surface area contributed by atoms with E-state index in [9.17, 15) is 9.59 Å². The number of ether oxygens (including phenoxy) is 1. The molecule has 1 heterocycles. The Bertz CT molecular complexity index is 1340. The summed E-state index contributed by atoms with van der Waals surface area (Å²) in [6, 6.07) is 24.4. The number of benzene rings is 3. The number of nitrogens with one attached hydrogen (secondary N) is 1. The Morgan fingerprint density at radius 3 is 2.36 bits per heavy atom. The average Bonchev–Trinajstić information content (AvgIpc) is 3.32. The quantitative estimate of drug-likeness (QED) is 0.337. The number of hydrogen-bond acceptors (Lipinski definition) is 4. The summed E-state index contributed by atoms with van der Waals surface area (Å²) in [5.74, 6) is 0.505. The van der Waals surface area contributed by atoms with Crippen molar-refractivity contribution in [2.75, 3.05) is 25.5 Å². The number of aryl methyl sites for hydroxylation is 1. The van der Waals surface area contributed by atoms with Crippen molar-refractivity contribution in [1.29, 1.82) is 0 Å². The summed E-state index contributed by atoms with van der Waals surface area (Å²) >= 11 is 0. The number of methoxy groups -OCH3 is 1. The number of imidazole rings is 1. The van der Waals surface area contributed by atoms with E-state index < -0.39 is 0 Å². The van der Waals surface area contributed by atoms with Gasteiger partial charge in [0.2, 0.25) is 11.9 Å². The van der Waals surface area contributed by atoms with Gasteiger partial charge in [0.1, 0.15) is 12.3 Å². The summed E-state index contributed by atoms with van der Waals surface area (Å²) in [5.41, 5.74) is 3.99. The number of rotatable bonds is 9. The minimum atomic E-state index is -0.360. The van der Waals surface area contributed by atoms with Crippen LogP contribution in [0.2, 0.25) is 0 Å². The molecule has 0 saturated carbocycles. The van der Waals surface area contributed by atoms with E-state index in [-0.39, 0.29) is 24.9 Å². The molecule has 2 amide bonds. The molecule has 182 valence electrons. The van der Waals surface area contributed by atoms with Gasteiger partial charge in [-0.05, 0) is 55.5 Å². The first-order valence-electron chi connectivity index (χ1n) is 11.5. The highest BCUT2D eigenvalue weighted by molar-refractivity contribution is 5.99. The molecular weight excluding hydrogens is 452 g/mol. The van der Waals surface area contributed by atoms with Gasteiger partial charge in [-0.1, -0.05) is 42.0 Å². The van der Waals surface area contributed by atoms with Gasteiger partial charge in [0.05, 0.1) is 12.8 Å². The van der Waals surface area contributed by atoms with Gasteiger partial charge in [0.25, 0.3) is 5.91 Å². The Labute approximate surface area is 210 Å². The molecule has 0 fully saturated rings. The smallest absolute Gasteiger partial charge is 0.254 e. The fourth-order valence-corrected chi connectivity index (χ4v) is 3.75. The number of carbonyl (C=O) groups excluding carboxylic acids is 2. The summed E-state index contributed by atoms with van der Waals surface area (Å²) in [4.78, 5) is 32.3. The van der Waals surface area contributed by atoms with Gasteiger partial charge in [-0.3, -0.25) is 19.5 Å². The standard InChI is InChI=1S/C29H28N4O3/c1-4-18-32(28(35)23-12-10-21(2)11-13-23)20-27(34)31-29-30-26(22-14-16-25(36-3)17-15-22)19-33(29)24-8-6-5-7-9-24/h4-17,19H,1,18,20H2,2-3H3,(H,30,31,34). The molecule has 4 aromatic rings. The van der Waals surface area contributed by atoms with Gasteiger partial charge < -0.3 is 9.64 Å². The minimum Gasteiger partial charge on any atom is -0.497 e. The van der Waals surface area contributed by atoms with E-state index in [0.717, 1.165) is 22.6 Å². The van der Waals surface area contributed by atoms with Gasteiger partial charge in [-0.2, -0.15) is 0 Å². The molecule has 0 radical (unpaired) electrons. The predicted molar refractivity (Wildman–Crippen MR) is 141 cm³/mol. The molecule has 7 heteroatoms. The van der Waals surface area contributed by atoms with E-state index in [4.69, 9.17) is 4.74 Å². The maximum Gasteiger partial charge on any atom is 0.254 e. The van der Waals surface area contributed by atoms with Crippen LogP contribution in [0.25, 0.3) is 16.9 Å². The zero-order valence-electron chi connectivity index (χ0n) is 20.3. The van der Waals surface area contributed by atoms with Crippen molar-refractivity contribution in [2.45, 2.75) is 6.92 Å². The molecule has 7 nitrogen and oxygen atoms in total. The van der Waals surface area contributed by atoms with Crippen LogP contribution in [0.3, 0.4) is 0 Å². The molecule has 1 N–H and O–H groups in total. The Morgan fingerprint density at radius 2 is 1.72 bits per heavy atom. The van der Waals surface area contributed by atoms with Crippen LogP contribution in [0.5, 0.6) is 5.75 Å². The first-order valence-corrected chi connectivity index (χ1v) is 11.5. The number of aromatic nitrogens is 2. The zero-order valence-corrected chi connectivity index (χ0v) is 20.3. The molecule has 0 bridgehead atoms. The van der Waals surface area contributed by atoms with Crippen molar-refractivity contribution in [3.63, 3.8) is 0 Å². The number of hydrogen-bond donors (Lipinski definition) is 1. The lowest BCUT2D eigenvalue weighted by molar-refractivity contribution is -0.116. The molecule has 0 aliphatic carbocycles. The molecule has 4 rings (SSSR count). The summed E-state index contributed by atoms with van der Waals surface area (Å²) in [6.45, 7) is 5.79. The number of amides is 2. The molecule has 0 saturated heterocycles. The molecule has 3 aromatic carbocycles. The number of para-hydroxylation sites is 1. The van der Waals surface area contributed by atoms with Gasteiger partial charge in [0.15, 0.2) is 0 Å². The minimum absolute atomic E-state index is 0.141. The number of nitrogens with zero attached hydrogens (tertiary/aromatic N) is 3. The normalized spacial score (nSPS) is 10.5. The van der Waals surface area contributed by atoms with Crippen LogP contribution in [0.1, 0.15) is 15.9 Å². The molecular formula is C29H28N4O3. The van der Waals surface area contributed by atoms with Crippen molar-refractivity contribution in [1.82, 2.24) is 14.5 Å². The number of carbonyl (C=O) groups is 2. The third-order valence-corrected chi connectivity index (χ3v) is 5.65. The Hall–Kier alpha value is -4.65. The van der Waals surface area contributed by atoms with Crippen molar-refractivity contribution < 1.29 is 14.3 Å². The molecule has 0 aliphatic heterocycles. The molecule has 0 unspecified atom stereocenters. The molecule has 36 heavy (non-hydrogen) atoms.